The molecule has 0 aliphatic carbocycles. The monoisotopic (exact) mass is 438 g/mol. The molecule has 0 saturated carbocycles. The summed E-state index contributed by atoms with van der Waals surface area (Å²) >= 11 is 0. The van der Waals surface area contributed by atoms with Gasteiger partial charge in [-0.15, -0.1) is 0 Å². The second-order valence-electron chi connectivity index (χ2n) is 7.79. The molecule has 33 heavy (non-hydrogen) atoms. The molecule has 8 heteroatoms. The number of carbonyl (C=O) groups is 1. The lowest BCUT2D eigenvalue weighted by atomic mass is 10.1. The first-order valence-electron chi connectivity index (χ1n) is 10.5. The van der Waals surface area contributed by atoms with Crippen LogP contribution in [0.5, 0.6) is 0 Å². The summed E-state index contributed by atoms with van der Waals surface area (Å²) < 4.78 is 7.22. The van der Waals surface area contributed by atoms with Gasteiger partial charge in [-0.1, -0.05) is 30.3 Å². The summed E-state index contributed by atoms with van der Waals surface area (Å²) in [6, 6.07) is 19.0. The average Bonchev–Trinajstić information content (AvgIpc) is 3.50. The number of nitrogens with one attached hydrogen (secondary N) is 1. The number of benzene rings is 1. The topological polar surface area (TPSA) is 89.1 Å². The van der Waals surface area contributed by atoms with Crippen molar-refractivity contribution in [2.75, 3.05) is 24.3 Å². The molecule has 0 fully saturated rings. The number of hydrogen-bond acceptors (Lipinski definition) is 6. The fraction of sp³-hybridized carbons (Fsp3) is 0.120. The molecule has 0 aliphatic heterocycles. The molecular weight excluding hydrogens is 416 g/mol. The molecule has 0 aliphatic rings. The third-order valence-electron chi connectivity index (χ3n) is 5.27. The van der Waals surface area contributed by atoms with Gasteiger partial charge in [0.05, 0.1) is 41.0 Å². The maximum absolute atomic E-state index is 13.3. The van der Waals surface area contributed by atoms with Crippen molar-refractivity contribution in [3.05, 3.63) is 90.6 Å². The normalized spacial score (nSPS) is 11.0. The van der Waals surface area contributed by atoms with Crippen LogP contribution >= 0.6 is 0 Å². The number of furan rings is 1. The molecule has 0 bridgehead atoms. The first-order valence-corrected chi connectivity index (χ1v) is 10.5. The van der Waals surface area contributed by atoms with Crippen molar-refractivity contribution in [1.82, 2.24) is 19.7 Å². The minimum atomic E-state index is -0.253. The van der Waals surface area contributed by atoms with Gasteiger partial charge in [0.2, 0.25) is 0 Å². The molecule has 0 radical (unpaired) electrons. The highest BCUT2D eigenvalue weighted by molar-refractivity contribution is 6.12. The number of amides is 1. The zero-order valence-corrected chi connectivity index (χ0v) is 18.3. The Bertz CT molecular complexity index is 1390. The van der Waals surface area contributed by atoms with Crippen molar-refractivity contribution in [3.8, 4) is 11.3 Å². The number of hydrogen-bond donors (Lipinski definition) is 1. The lowest BCUT2D eigenvalue weighted by molar-refractivity contribution is 0.102. The van der Waals surface area contributed by atoms with E-state index in [0.717, 1.165) is 17.1 Å². The highest BCUT2D eigenvalue weighted by Gasteiger charge is 2.18. The maximum atomic E-state index is 13.3. The van der Waals surface area contributed by atoms with Crippen molar-refractivity contribution in [3.63, 3.8) is 0 Å². The van der Waals surface area contributed by atoms with E-state index >= 15 is 0 Å². The average molecular weight is 438 g/mol. The molecule has 4 heterocycles. The lowest BCUT2D eigenvalue weighted by Gasteiger charge is -2.12. The number of rotatable bonds is 6. The minimum absolute atomic E-state index is 0.253. The molecule has 0 saturated heterocycles. The van der Waals surface area contributed by atoms with Crippen molar-refractivity contribution >= 4 is 28.4 Å². The summed E-state index contributed by atoms with van der Waals surface area (Å²) in [6.45, 7) is 0.415. The Labute approximate surface area is 190 Å². The first kappa shape index (κ1) is 20.4. The predicted molar refractivity (Wildman–Crippen MR) is 127 cm³/mol. The van der Waals surface area contributed by atoms with E-state index in [1.54, 1.807) is 29.4 Å². The number of anilines is 2. The number of aromatic nitrogens is 4. The SMILES string of the molecule is CN(C)c1ccc(NC(=O)c2cc(-c3ccccc3)nc3c2cnn3Cc2ccco2)cn1. The summed E-state index contributed by atoms with van der Waals surface area (Å²) in [6.07, 6.45) is 4.94. The number of fused-ring (bicyclic) bond motifs is 1. The Morgan fingerprint density at radius 2 is 1.91 bits per heavy atom. The van der Waals surface area contributed by atoms with Gasteiger partial charge in [-0.25, -0.2) is 14.6 Å². The number of carbonyl (C=O) groups excluding carboxylic acids is 1. The van der Waals surface area contributed by atoms with Gasteiger partial charge < -0.3 is 14.6 Å². The van der Waals surface area contributed by atoms with E-state index in [4.69, 9.17) is 9.40 Å². The van der Waals surface area contributed by atoms with Crippen LogP contribution in [0, 0.1) is 0 Å². The van der Waals surface area contributed by atoms with Gasteiger partial charge in [0.15, 0.2) is 5.65 Å². The second-order valence-corrected chi connectivity index (χ2v) is 7.79. The van der Waals surface area contributed by atoms with E-state index in [1.807, 2.05) is 73.6 Å². The van der Waals surface area contributed by atoms with Crippen LogP contribution in [-0.2, 0) is 6.54 Å². The molecular formula is C25H22N6O2. The smallest absolute Gasteiger partial charge is 0.256 e. The van der Waals surface area contributed by atoms with Crippen LogP contribution in [0.1, 0.15) is 16.1 Å². The Balaban J connectivity index is 1.56. The summed E-state index contributed by atoms with van der Waals surface area (Å²) in [5.74, 6) is 1.31. The van der Waals surface area contributed by atoms with E-state index in [0.29, 0.717) is 34.5 Å². The number of pyridine rings is 2. The van der Waals surface area contributed by atoms with E-state index in [1.165, 1.54) is 0 Å². The Hall–Kier alpha value is -4.46. The summed E-state index contributed by atoms with van der Waals surface area (Å²) in [5.41, 5.74) is 3.31. The zero-order chi connectivity index (χ0) is 22.8. The van der Waals surface area contributed by atoms with Crippen LogP contribution in [0.15, 0.2) is 83.7 Å². The van der Waals surface area contributed by atoms with Crippen LogP contribution in [-0.4, -0.2) is 39.8 Å². The van der Waals surface area contributed by atoms with Crippen LogP contribution < -0.4 is 10.2 Å². The highest BCUT2D eigenvalue weighted by Crippen LogP contribution is 2.26. The number of nitrogens with zero attached hydrogens (tertiary/aromatic N) is 5. The molecule has 0 spiro atoms. The summed E-state index contributed by atoms with van der Waals surface area (Å²) in [4.78, 5) is 24.4. The minimum Gasteiger partial charge on any atom is -0.467 e. The van der Waals surface area contributed by atoms with Gasteiger partial charge in [0.25, 0.3) is 5.91 Å². The largest absolute Gasteiger partial charge is 0.467 e. The second kappa shape index (κ2) is 8.58. The van der Waals surface area contributed by atoms with Gasteiger partial charge in [-0.2, -0.15) is 5.10 Å². The molecule has 1 aromatic carbocycles. The molecule has 164 valence electrons. The maximum Gasteiger partial charge on any atom is 0.256 e. The van der Waals surface area contributed by atoms with E-state index in [-0.39, 0.29) is 5.91 Å². The van der Waals surface area contributed by atoms with Gasteiger partial charge in [0, 0.05) is 19.7 Å². The third-order valence-corrected chi connectivity index (χ3v) is 5.27. The van der Waals surface area contributed by atoms with Gasteiger partial charge in [-0.05, 0) is 30.3 Å². The van der Waals surface area contributed by atoms with Gasteiger partial charge in [-0.3, -0.25) is 4.79 Å². The summed E-state index contributed by atoms with van der Waals surface area (Å²) in [5, 5.41) is 8.09. The molecule has 4 aromatic heterocycles. The predicted octanol–water partition coefficient (Wildman–Crippen LogP) is 4.45. The summed E-state index contributed by atoms with van der Waals surface area (Å²) in [7, 11) is 3.83. The lowest BCUT2D eigenvalue weighted by Crippen LogP contribution is -2.14. The molecule has 5 rings (SSSR count). The third kappa shape index (κ3) is 4.18. The molecule has 5 aromatic rings. The van der Waals surface area contributed by atoms with E-state index in [2.05, 4.69) is 15.4 Å². The molecule has 1 N–H and O–H groups in total. The standard InChI is InChI=1S/C25H22N6O2/c1-30(2)23-11-10-18(14-26-23)28-25(32)20-13-22(17-7-4-3-5-8-17)29-24-21(20)15-27-31(24)16-19-9-6-12-33-19/h3-15H,16H2,1-2H3,(H,28,32). The van der Waals surface area contributed by atoms with E-state index in [9.17, 15) is 4.79 Å². The van der Waals surface area contributed by atoms with Gasteiger partial charge >= 0.3 is 0 Å². The van der Waals surface area contributed by atoms with E-state index < -0.39 is 0 Å². The fourth-order valence-electron chi connectivity index (χ4n) is 3.58. The van der Waals surface area contributed by atoms with Crippen molar-refractivity contribution < 1.29 is 9.21 Å². The quantitative estimate of drug-likeness (QED) is 0.421. The van der Waals surface area contributed by atoms with Crippen LogP contribution in [0.25, 0.3) is 22.3 Å². The first-order chi connectivity index (χ1) is 16.1. The van der Waals surface area contributed by atoms with Crippen molar-refractivity contribution in [2.24, 2.45) is 0 Å². The zero-order valence-electron chi connectivity index (χ0n) is 18.3. The van der Waals surface area contributed by atoms with Gasteiger partial charge in [0.1, 0.15) is 18.1 Å². The van der Waals surface area contributed by atoms with Crippen LogP contribution in [0.2, 0.25) is 0 Å². The molecule has 0 unspecified atom stereocenters. The molecule has 8 nitrogen and oxygen atoms in total. The fourth-order valence-corrected chi connectivity index (χ4v) is 3.58. The van der Waals surface area contributed by atoms with Crippen molar-refractivity contribution in [2.45, 2.75) is 6.54 Å². The Morgan fingerprint density at radius 1 is 1.06 bits per heavy atom. The van der Waals surface area contributed by atoms with Crippen LogP contribution in [0.4, 0.5) is 11.5 Å². The van der Waals surface area contributed by atoms with Crippen molar-refractivity contribution in [1.29, 1.82) is 0 Å². The molecule has 0 atom stereocenters. The Morgan fingerprint density at radius 3 is 2.61 bits per heavy atom. The molecule has 1 amide bonds. The highest BCUT2D eigenvalue weighted by atomic mass is 16.3. The van der Waals surface area contributed by atoms with Crippen LogP contribution in [0.3, 0.4) is 0 Å². The Kier molecular flexibility index (Phi) is 5.32.